The third kappa shape index (κ3) is 7.79. The van der Waals surface area contributed by atoms with E-state index in [9.17, 15) is 4.79 Å². The van der Waals surface area contributed by atoms with Gasteiger partial charge in [0, 0.05) is 6.54 Å². The number of amides is 1. The normalized spacial score (nSPS) is 12.2. The van der Waals surface area contributed by atoms with Gasteiger partial charge in [0.1, 0.15) is 0 Å². The van der Waals surface area contributed by atoms with Crippen LogP contribution < -0.4 is 5.32 Å². The van der Waals surface area contributed by atoms with Crippen molar-refractivity contribution >= 4 is 6.09 Å². The summed E-state index contributed by atoms with van der Waals surface area (Å²) in [6, 6.07) is 0. The molecule has 0 spiro atoms. The zero-order valence-electron chi connectivity index (χ0n) is 10.0. The van der Waals surface area contributed by atoms with Gasteiger partial charge in [-0.05, 0) is 25.3 Å². The van der Waals surface area contributed by atoms with Crippen LogP contribution in [0.25, 0.3) is 0 Å². The first-order valence-electron chi connectivity index (χ1n) is 5.34. The summed E-state index contributed by atoms with van der Waals surface area (Å²) < 4.78 is 4.76. The standard InChI is InChI=1S/C12H21NO2/c1-5-11(8-7-10(3)4)9-13-12(14)15-6-2/h5,7-8,10H,6,9H2,1-4H3,(H,13,14)/b8-7-,11-5+. The Bertz CT molecular complexity index is 242. The molecule has 0 aromatic heterocycles. The van der Waals surface area contributed by atoms with E-state index in [-0.39, 0.29) is 6.09 Å². The minimum atomic E-state index is -0.366. The van der Waals surface area contributed by atoms with Crippen molar-refractivity contribution in [2.75, 3.05) is 13.2 Å². The molecular weight excluding hydrogens is 190 g/mol. The lowest BCUT2D eigenvalue weighted by molar-refractivity contribution is 0.153. The van der Waals surface area contributed by atoms with Crippen molar-refractivity contribution in [1.29, 1.82) is 0 Å². The Hall–Kier alpha value is -1.25. The molecule has 1 N–H and O–H groups in total. The lowest BCUT2D eigenvalue weighted by Gasteiger charge is -2.05. The fourth-order valence-electron chi connectivity index (χ4n) is 0.930. The van der Waals surface area contributed by atoms with Crippen LogP contribution in [0, 0.1) is 5.92 Å². The first-order valence-corrected chi connectivity index (χ1v) is 5.34. The van der Waals surface area contributed by atoms with Gasteiger partial charge >= 0.3 is 6.09 Å². The molecule has 0 atom stereocenters. The minimum Gasteiger partial charge on any atom is -0.450 e. The number of carbonyl (C=O) groups is 1. The Balaban J connectivity index is 3.97. The van der Waals surface area contributed by atoms with Crippen LogP contribution in [-0.4, -0.2) is 19.2 Å². The van der Waals surface area contributed by atoms with E-state index in [0.29, 0.717) is 19.1 Å². The topological polar surface area (TPSA) is 38.3 Å². The first-order chi connectivity index (χ1) is 7.10. The molecule has 15 heavy (non-hydrogen) atoms. The monoisotopic (exact) mass is 211 g/mol. The van der Waals surface area contributed by atoms with Crippen LogP contribution in [0.15, 0.2) is 23.8 Å². The Morgan fingerprint density at radius 3 is 2.60 bits per heavy atom. The SMILES string of the molecule is C/C=C(\C=C/C(C)C)CNC(=O)OCC. The zero-order chi connectivity index (χ0) is 11.7. The summed E-state index contributed by atoms with van der Waals surface area (Å²) in [4.78, 5) is 11.0. The van der Waals surface area contributed by atoms with E-state index >= 15 is 0 Å². The summed E-state index contributed by atoms with van der Waals surface area (Å²) in [6.07, 6.45) is 5.74. The van der Waals surface area contributed by atoms with Gasteiger partial charge in [-0.1, -0.05) is 32.1 Å². The Morgan fingerprint density at radius 1 is 1.47 bits per heavy atom. The van der Waals surface area contributed by atoms with Crippen LogP contribution >= 0.6 is 0 Å². The first kappa shape index (κ1) is 13.8. The van der Waals surface area contributed by atoms with E-state index in [1.807, 2.05) is 19.1 Å². The molecule has 86 valence electrons. The number of rotatable bonds is 5. The number of carbonyl (C=O) groups excluding carboxylic acids is 1. The van der Waals surface area contributed by atoms with E-state index in [4.69, 9.17) is 4.74 Å². The van der Waals surface area contributed by atoms with Gasteiger partial charge < -0.3 is 10.1 Å². The second-order valence-corrected chi connectivity index (χ2v) is 3.54. The maximum Gasteiger partial charge on any atom is 0.407 e. The number of allylic oxidation sites excluding steroid dienone is 2. The molecule has 0 saturated heterocycles. The maximum absolute atomic E-state index is 11.0. The Morgan fingerprint density at radius 2 is 2.13 bits per heavy atom. The van der Waals surface area contributed by atoms with E-state index in [0.717, 1.165) is 5.57 Å². The molecule has 3 heteroatoms. The highest BCUT2D eigenvalue weighted by atomic mass is 16.5. The molecule has 0 aromatic carbocycles. The number of hydrogen-bond donors (Lipinski definition) is 1. The van der Waals surface area contributed by atoms with E-state index in [1.165, 1.54) is 0 Å². The highest BCUT2D eigenvalue weighted by Crippen LogP contribution is 2.00. The fourth-order valence-corrected chi connectivity index (χ4v) is 0.930. The van der Waals surface area contributed by atoms with Crippen LogP contribution in [0.2, 0.25) is 0 Å². The van der Waals surface area contributed by atoms with Gasteiger partial charge in [-0.25, -0.2) is 4.79 Å². The third-order valence-electron chi connectivity index (χ3n) is 1.78. The highest BCUT2D eigenvalue weighted by Gasteiger charge is 1.99. The summed E-state index contributed by atoms with van der Waals surface area (Å²) in [6.45, 7) is 8.88. The van der Waals surface area contributed by atoms with Crippen molar-refractivity contribution in [1.82, 2.24) is 5.32 Å². The minimum absolute atomic E-state index is 0.366. The largest absolute Gasteiger partial charge is 0.450 e. The number of nitrogens with one attached hydrogen (secondary N) is 1. The molecule has 0 heterocycles. The average Bonchev–Trinajstić information content (AvgIpc) is 2.18. The lowest BCUT2D eigenvalue weighted by Crippen LogP contribution is -2.25. The van der Waals surface area contributed by atoms with Gasteiger partial charge in [0.2, 0.25) is 0 Å². The molecule has 3 nitrogen and oxygen atoms in total. The van der Waals surface area contributed by atoms with Crippen LogP contribution in [0.4, 0.5) is 4.79 Å². The second kappa shape index (κ2) is 8.09. The lowest BCUT2D eigenvalue weighted by atomic mass is 10.1. The summed E-state index contributed by atoms with van der Waals surface area (Å²) in [5.41, 5.74) is 1.08. The molecule has 0 radical (unpaired) electrons. The van der Waals surface area contributed by atoms with E-state index < -0.39 is 0 Å². The molecule has 0 saturated carbocycles. The summed E-state index contributed by atoms with van der Waals surface area (Å²) in [7, 11) is 0. The number of hydrogen-bond acceptors (Lipinski definition) is 2. The quantitative estimate of drug-likeness (QED) is 0.710. The van der Waals surface area contributed by atoms with Crippen molar-refractivity contribution in [2.24, 2.45) is 5.92 Å². The van der Waals surface area contributed by atoms with E-state index in [1.54, 1.807) is 6.92 Å². The maximum atomic E-state index is 11.0. The summed E-state index contributed by atoms with van der Waals surface area (Å²) in [5, 5.41) is 2.68. The predicted octanol–water partition coefficient (Wildman–Crippen LogP) is 2.89. The Labute approximate surface area is 92.2 Å². The molecular formula is C12H21NO2. The van der Waals surface area contributed by atoms with Crippen molar-refractivity contribution in [2.45, 2.75) is 27.7 Å². The molecule has 0 unspecified atom stereocenters. The molecule has 0 aliphatic heterocycles. The van der Waals surface area contributed by atoms with Gasteiger partial charge in [-0.15, -0.1) is 0 Å². The van der Waals surface area contributed by atoms with Gasteiger partial charge in [0.05, 0.1) is 6.61 Å². The van der Waals surface area contributed by atoms with Crippen molar-refractivity contribution in [3.05, 3.63) is 23.8 Å². The molecule has 0 aliphatic carbocycles. The molecule has 0 rings (SSSR count). The summed E-state index contributed by atoms with van der Waals surface area (Å²) in [5.74, 6) is 0.516. The van der Waals surface area contributed by atoms with Crippen molar-refractivity contribution < 1.29 is 9.53 Å². The number of ether oxygens (including phenoxy) is 1. The van der Waals surface area contributed by atoms with Crippen LogP contribution in [-0.2, 0) is 4.74 Å². The van der Waals surface area contributed by atoms with Gasteiger partial charge in [-0.2, -0.15) is 0 Å². The third-order valence-corrected chi connectivity index (χ3v) is 1.78. The molecule has 0 fully saturated rings. The number of alkyl carbamates (subject to hydrolysis) is 1. The summed E-state index contributed by atoms with van der Waals surface area (Å²) >= 11 is 0. The smallest absolute Gasteiger partial charge is 0.407 e. The second-order valence-electron chi connectivity index (χ2n) is 3.54. The molecule has 1 amide bonds. The average molecular weight is 211 g/mol. The highest BCUT2D eigenvalue weighted by molar-refractivity contribution is 5.67. The van der Waals surface area contributed by atoms with Crippen LogP contribution in [0.3, 0.4) is 0 Å². The van der Waals surface area contributed by atoms with Crippen LogP contribution in [0.5, 0.6) is 0 Å². The van der Waals surface area contributed by atoms with Gasteiger partial charge in [0.15, 0.2) is 0 Å². The molecule has 0 aromatic rings. The van der Waals surface area contributed by atoms with Crippen LogP contribution in [0.1, 0.15) is 27.7 Å². The Kier molecular flexibility index (Phi) is 7.42. The molecule has 0 aliphatic rings. The fraction of sp³-hybridized carbons (Fsp3) is 0.583. The van der Waals surface area contributed by atoms with Gasteiger partial charge in [0.25, 0.3) is 0 Å². The zero-order valence-corrected chi connectivity index (χ0v) is 10.0. The van der Waals surface area contributed by atoms with Gasteiger partial charge in [-0.3, -0.25) is 0 Å². The van der Waals surface area contributed by atoms with Crippen molar-refractivity contribution in [3.63, 3.8) is 0 Å². The predicted molar refractivity (Wildman–Crippen MR) is 62.8 cm³/mol. The van der Waals surface area contributed by atoms with Crippen molar-refractivity contribution in [3.8, 4) is 0 Å². The molecule has 0 bridgehead atoms. The van der Waals surface area contributed by atoms with E-state index in [2.05, 4.69) is 25.2 Å².